The highest BCUT2D eigenvalue weighted by molar-refractivity contribution is 6.58. The third-order valence-electron chi connectivity index (χ3n) is 5.16. The van der Waals surface area contributed by atoms with E-state index >= 15 is 0 Å². The Balaban J connectivity index is 0.000000146. The molecule has 0 bridgehead atoms. The lowest BCUT2D eigenvalue weighted by Crippen LogP contribution is -2.33. The van der Waals surface area contributed by atoms with Gasteiger partial charge in [-0.3, -0.25) is 9.97 Å². The highest BCUT2D eigenvalue weighted by atomic mass is 35.5. The largest absolute Gasteiger partial charge is 0.491 e. The number of fused-ring (bicyclic) bond motifs is 2. The predicted octanol–water partition coefficient (Wildman–Crippen LogP) is 4.29. The van der Waals surface area contributed by atoms with Crippen LogP contribution in [-0.2, 0) is 0 Å². The van der Waals surface area contributed by atoms with Gasteiger partial charge in [-0.15, -0.1) is 0 Å². The maximum Gasteiger partial charge on any atom is 0.491 e. The van der Waals surface area contributed by atoms with E-state index < -0.39 is 36.1 Å². The molecule has 6 aromatic rings. The Morgan fingerprint density at radius 2 is 1.15 bits per heavy atom. The molecule has 0 amide bonds. The molecule has 6 aromatic heterocycles. The van der Waals surface area contributed by atoms with Gasteiger partial charge in [-0.05, 0) is 60.7 Å². The molecule has 6 rings (SSSR count). The van der Waals surface area contributed by atoms with Crippen molar-refractivity contribution < 1.29 is 27.6 Å². The Kier molecular flexibility index (Phi) is 9.22. The number of halogens is 5. The molecule has 0 aromatic carbocycles. The number of nitrogens with zero attached hydrogens (tertiary/aromatic N) is 6. The van der Waals surface area contributed by atoms with Crippen LogP contribution >= 0.6 is 11.6 Å². The van der Waals surface area contributed by atoms with E-state index in [9.17, 15) is 17.6 Å². The molecule has 2 N–H and O–H groups in total. The van der Waals surface area contributed by atoms with Crippen LogP contribution in [0.15, 0.2) is 85.5 Å². The molecule has 0 saturated heterocycles. The Hall–Kier alpha value is -4.59. The summed E-state index contributed by atoms with van der Waals surface area (Å²) in [6.07, 6.45) is 5.55. The van der Waals surface area contributed by atoms with E-state index in [-0.39, 0.29) is 5.56 Å². The van der Waals surface area contributed by atoms with Gasteiger partial charge in [-0.1, -0.05) is 11.6 Å². The van der Waals surface area contributed by atoms with Crippen LogP contribution < -0.4 is 5.46 Å². The van der Waals surface area contributed by atoms with E-state index in [4.69, 9.17) is 21.6 Å². The number of pyridine rings is 6. The molecule has 0 unspecified atom stereocenters. The second-order valence-corrected chi connectivity index (χ2v) is 8.14. The molecule has 14 heteroatoms. The molecule has 6 heterocycles. The maximum atomic E-state index is 13.6. The van der Waals surface area contributed by atoms with E-state index in [0.717, 1.165) is 23.3 Å². The van der Waals surface area contributed by atoms with Crippen LogP contribution in [0.1, 0.15) is 0 Å². The zero-order valence-electron chi connectivity index (χ0n) is 20.1. The van der Waals surface area contributed by atoms with E-state index in [1.807, 2.05) is 18.2 Å². The van der Waals surface area contributed by atoms with Crippen molar-refractivity contribution in [3.8, 4) is 11.3 Å². The van der Waals surface area contributed by atoms with Gasteiger partial charge >= 0.3 is 7.12 Å². The minimum Gasteiger partial charge on any atom is -0.423 e. The lowest BCUT2D eigenvalue weighted by Gasteiger charge is -2.04. The molecule has 0 fully saturated rings. The maximum absolute atomic E-state index is 13.6. The van der Waals surface area contributed by atoms with E-state index in [2.05, 4.69) is 29.9 Å². The number of aromatic nitrogens is 6. The quantitative estimate of drug-likeness (QED) is 0.181. The van der Waals surface area contributed by atoms with Crippen molar-refractivity contribution in [1.29, 1.82) is 0 Å². The van der Waals surface area contributed by atoms with Crippen molar-refractivity contribution in [2.45, 2.75) is 0 Å². The Bertz CT molecular complexity index is 1780. The fourth-order valence-electron chi connectivity index (χ4n) is 3.29. The fraction of sp³-hybridized carbons (Fsp3) is 0. The van der Waals surface area contributed by atoms with Crippen LogP contribution in [0.2, 0.25) is 5.15 Å². The summed E-state index contributed by atoms with van der Waals surface area (Å²) in [5.74, 6) is -4.79. The summed E-state index contributed by atoms with van der Waals surface area (Å²) < 4.78 is 51.4. The van der Waals surface area contributed by atoms with Crippen molar-refractivity contribution in [1.82, 2.24) is 29.9 Å². The SMILES string of the molecule is Clc1ccc2ncccc2n1.Fc1nccc(-c2ccc3ncccc3n2)c1F.OB(O)c1ccnc(F)c1F. The lowest BCUT2D eigenvalue weighted by molar-refractivity contribution is 0.418. The first kappa shape index (κ1) is 28.4. The van der Waals surface area contributed by atoms with Crippen molar-refractivity contribution in [3.05, 3.63) is 114 Å². The molecule has 0 spiro atoms. The number of hydrogen-bond acceptors (Lipinski definition) is 8. The van der Waals surface area contributed by atoms with E-state index in [1.54, 1.807) is 42.7 Å². The summed E-state index contributed by atoms with van der Waals surface area (Å²) in [7, 11) is -2.01. The van der Waals surface area contributed by atoms with Gasteiger partial charge in [0.1, 0.15) is 5.15 Å². The van der Waals surface area contributed by atoms with Crippen LogP contribution in [-0.4, -0.2) is 47.1 Å². The van der Waals surface area contributed by atoms with Crippen molar-refractivity contribution in [3.63, 3.8) is 0 Å². The van der Waals surface area contributed by atoms with Gasteiger partial charge < -0.3 is 10.0 Å². The summed E-state index contributed by atoms with van der Waals surface area (Å²) in [5, 5.41) is 17.4. The highest BCUT2D eigenvalue weighted by Gasteiger charge is 2.19. The predicted molar refractivity (Wildman–Crippen MR) is 141 cm³/mol. The third-order valence-corrected chi connectivity index (χ3v) is 5.37. The van der Waals surface area contributed by atoms with Gasteiger partial charge in [0.15, 0.2) is 11.6 Å². The Morgan fingerprint density at radius 1 is 0.575 bits per heavy atom. The Morgan fingerprint density at radius 3 is 1.77 bits per heavy atom. The molecule has 0 radical (unpaired) electrons. The first-order valence-electron chi connectivity index (χ1n) is 11.3. The third kappa shape index (κ3) is 6.88. The van der Waals surface area contributed by atoms with Crippen molar-refractivity contribution in [2.75, 3.05) is 0 Å². The smallest absolute Gasteiger partial charge is 0.423 e. The topological polar surface area (TPSA) is 118 Å². The first-order chi connectivity index (χ1) is 19.2. The van der Waals surface area contributed by atoms with Gasteiger partial charge in [0.2, 0.25) is 11.9 Å². The van der Waals surface area contributed by atoms with Crippen molar-refractivity contribution in [2.24, 2.45) is 0 Å². The zero-order valence-corrected chi connectivity index (χ0v) is 20.9. The monoisotopic (exact) mass is 566 g/mol. The first-order valence-corrected chi connectivity index (χ1v) is 11.7. The van der Waals surface area contributed by atoms with Crippen LogP contribution in [0.4, 0.5) is 17.6 Å². The second kappa shape index (κ2) is 13.0. The molecule has 0 aliphatic carbocycles. The van der Waals surface area contributed by atoms with Gasteiger partial charge in [-0.25, -0.2) is 28.7 Å². The lowest BCUT2D eigenvalue weighted by atomic mass is 9.81. The van der Waals surface area contributed by atoms with Crippen LogP contribution in [0.3, 0.4) is 0 Å². The molecule has 0 atom stereocenters. The van der Waals surface area contributed by atoms with Gasteiger partial charge in [0.05, 0.1) is 27.8 Å². The van der Waals surface area contributed by atoms with E-state index in [1.165, 1.54) is 12.3 Å². The van der Waals surface area contributed by atoms with Gasteiger partial charge in [0.25, 0.3) is 0 Å². The summed E-state index contributed by atoms with van der Waals surface area (Å²) in [5.41, 5.74) is 2.97. The Labute approximate surface area is 229 Å². The molecule has 0 saturated carbocycles. The van der Waals surface area contributed by atoms with E-state index in [0.29, 0.717) is 21.9 Å². The molecule has 40 heavy (non-hydrogen) atoms. The molecule has 8 nitrogen and oxygen atoms in total. The van der Waals surface area contributed by atoms with Crippen LogP contribution in [0.5, 0.6) is 0 Å². The fourth-order valence-corrected chi connectivity index (χ4v) is 3.44. The average molecular weight is 567 g/mol. The molecular formula is C26H16BClF4N6O2. The van der Waals surface area contributed by atoms with Crippen molar-refractivity contribution >= 4 is 46.2 Å². The standard InChI is InChI=1S/C13H7F2N3.C8H5ClN2.C5H4BF2NO2/c14-12-8(5-7-17-13(12)15)9-3-4-10-11(18-9)2-1-6-16-10;9-8-4-3-6-7(11-8)2-1-5-10-6;7-4-3(6(10)11)1-2-9-5(4)8/h1-7H;1-5H;1-2,10-11H. The average Bonchev–Trinajstić information content (AvgIpc) is 2.96. The second-order valence-electron chi connectivity index (χ2n) is 7.76. The van der Waals surface area contributed by atoms with Gasteiger partial charge in [-0.2, -0.15) is 8.78 Å². The summed E-state index contributed by atoms with van der Waals surface area (Å²) in [6.45, 7) is 0. The number of rotatable bonds is 2. The molecule has 0 aliphatic heterocycles. The number of hydrogen-bond donors (Lipinski definition) is 2. The summed E-state index contributed by atoms with van der Waals surface area (Å²) >= 11 is 5.68. The summed E-state index contributed by atoms with van der Waals surface area (Å²) in [4.78, 5) is 22.7. The normalized spacial score (nSPS) is 10.4. The van der Waals surface area contributed by atoms with Crippen LogP contribution in [0.25, 0.3) is 33.3 Å². The minimum atomic E-state index is -2.01. The minimum absolute atomic E-state index is 0.0910. The van der Waals surface area contributed by atoms with Crippen LogP contribution in [0, 0.1) is 23.5 Å². The molecule has 200 valence electrons. The highest BCUT2D eigenvalue weighted by Crippen LogP contribution is 2.23. The molecule has 0 aliphatic rings. The van der Waals surface area contributed by atoms with Gasteiger partial charge in [0, 0.05) is 35.8 Å². The molecular weight excluding hydrogens is 551 g/mol. The zero-order chi connectivity index (χ0) is 28.6. The summed E-state index contributed by atoms with van der Waals surface area (Å²) in [6, 6.07) is 16.5.